The summed E-state index contributed by atoms with van der Waals surface area (Å²) in [5, 5.41) is 0. The Morgan fingerprint density at radius 3 is 2.78 bits per heavy atom. The van der Waals surface area contributed by atoms with Gasteiger partial charge in [0.05, 0.1) is 0 Å². The van der Waals surface area contributed by atoms with Gasteiger partial charge in [-0.25, -0.2) is 0 Å². The maximum Gasteiger partial charge on any atom is 0.109 e. The van der Waals surface area contributed by atoms with E-state index in [0.29, 0.717) is 0 Å². The molecule has 1 rings (SSSR count). The molecule has 54 valence electrons. The number of nitrogens with one attached hydrogen (secondary N) is 1. The van der Waals surface area contributed by atoms with Gasteiger partial charge in [0.1, 0.15) is 8.96 Å². The Bertz CT molecular complexity index is 77.0. The molecule has 1 unspecified atom stereocenters. The summed E-state index contributed by atoms with van der Waals surface area (Å²) in [7, 11) is -0.389. The normalized spacial score (nSPS) is 27.7. The van der Waals surface area contributed by atoms with Crippen LogP contribution in [0.25, 0.3) is 0 Å². The highest BCUT2D eigenvalue weighted by atomic mass is 28.3. The van der Waals surface area contributed by atoms with E-state index in [2.05, 4.69) is 18.8 Å². The first kappa shape index (κ1) is 7.29. The second-order valence-corrected chi connectivity index (χ2v) is 6.27. The number of hydrogen-bond acceptors (Lipinski definition) is 1. The van der Waals surface area contributed by atoms with Crippen LogP contribution in [0.4, 0.5) is 0 Å². The van der Waals surface area contributed by atoms with Crippen LogP contribution in [-0.4, -0.2) is 15.5 Å². The molecule has 1 heterocycles. The summed E-state index contributed by atoms with van der Waals surface area (Å²) in [6.07, 6.45) is 1.45. The molecular weight excluding hydrogens is 126 g/mol. The highest BCUT2D eigenvalue weighted by Gasteiger charge is 2.16. The van der Waals surface area contributed by atoms with Gasteiger partial charge in [-0.05, 0) is 31.0 Å². The van der Waals surface area contributed by atoms with Gasteiger partial charge >= 0.3 is 0 Å². The largest absolute Gasteiger partial charge is 0.339 e. The maximum absolute atomic E-state index is 3.63. The monoisotopic (exact) mass is 143 g/mol. The van der Waals surface area contributed by atoms with Crippen molar-refractivity contribution in [3.63, 3.8) is 0 Å². The van der Waals surface area contributed by atoms with Crippen molar-refractivity contribution in [3.8, 4) is 0 Å². The molecular formula is C7H17NSi. The molecule has 1 saturated heterocycles. The average molecular weight is 143 g/mol. The van der Waals surface area contributed by atoms with E-state index in [0.717, 1.165) is 5.92 Å². The minimum atomic E-state index is -0.389. The van der Waals surface area contributed by atoms with Crippen LogP contribution >= 0.6 is 0 Å². The predicted molar refractivity (Wildman–Crippen MR) is 44.2 cm³/mol. The quantitative estimate of drug-likeness (QED) is 0.576. The van der Waals surface area contributed by atoms with Gasteiger partial charge in [0.15, 0.2) is 0 Å². The fourth-order valence-corrected chi connectivity index (χ4v) is 4.58. The summed E-state index contributed by atoms with van der Waals surface area (Å²) < 4.78 is 0. The molecule has 0 aliphatic carbocycles. The molecule has 0 aromatic heterocycles. The molecule has 1 aliphatic heterocycles. The van der Waals surface area contributed by atoms with Gasteiger partial charge in [-0.2, -0.15) is 0 Å². The van der Waals surface area contributed by atoms with Gasteiger partial charge in [-0.1, -0.05) is 13.8 Å². The molecule has 0 aromatic rings. The van der Waals surface area contributed by atoms with E-state index >= 15 is 0 Å². The topological polar surface area (TPSA) is 12.0 Å². The highest BCUT2D eigenvalue weighted by Crippen LogP contribution is 2.12. The predicted octanol–water partition coefficient (Wildman–Crippen LogP) is 1.36. The smallest absolute Gasteiger partial charge is 0.109 e. The molecule has 2 heteroatoms. The van der Waals surface area contributed by atoms with Crippen LogP contribution in [0, 0.1) is 5.92 Å². The Morgan fingerprint density at radius 2 is 2.33 bits per heavy atom. The zero-order valence-electron chi connectivity index (χ0n) is 6.48. The first-order valence-corrected chi connectivity index (χ1v) is 6.23. The van der Waals surface area contributed by atoms with Crippen molar-refractivity contribution in [2.45, 2.75) is 32.4 Å². The molecule has 0 aromatic carbocycles. The molecule has 9 heavy (non-hydrogen) atoms. The molecule has 0 amide bonds. The third-order valence-electron chi connectivity index (χ3n) is 1.92. The molecule has 0 bridgehead atoms. The Hall–Kier alpha value is 0.177. The van der Waals surface area contributed by atoms with Crippen molar-refractivity contribution in [1.82, 2.24) is 4.98 Å². The van der Waals surface area contributed by atoms with Crippen LogP contribution in [-0.2, 0) is 0 Å². The Morgan fingerprint density at radius 1 is 1.56 bits per heavy atom. The molecule has 0 radical (unpaired) electrons. The summed E-state index contributed by atoms with van der Waals surface area (Å²) in [6, 6.07) is 3.04. The van der Waals surface area contributed by atoms with Crippen molar-refractivity contribution in [3.05, 3.63) is 0 Å². The third kappa shape index (κ3) is 2.50. The fourth-order valence-electron chi connectivity index (χ4n) is 1.53. The Balaban J connectivity index is 2.11. The molecule has 0 saturated carbocycles. The van der Waals surface area contributed by atoms with Crippen LogP contribution in [0.1, 0.15) is 20.3 Å². The van der Waals surface area contributed by atoms with Crippen LogP contribution in [0.3, 0.4) is 0 Å². The van der Waals surface area contributed by atoms with Crippen LogP contribution in [0.15, 0.2) is 0 Å². The molecule has 1 N–H and O–H groups in total. The first-order chi connectivity index (χ1) is 4.29. The Labute approximate surface area is 59.5 Å². The van der Waals surface area contributed by atoms with Crippen molar-refractivity contribution in [2.24, 2.45) is 5.92 Å². The lowest BCUT2D eigenvalue weighted by molar-refractivity contribution is 0.720. The minimum Gasteiger partial charge on any atom is -0.339 e. The fraction of sp³-hybridized carbons (Fsp3) is 1.00. The van der Waals surface area contributed by atoms with Gasteiger partial charge in [0, 0.05) is 0 Å². The second-order valence-electron chi connectivity index (χ2n) is 3.42. The van der Waals surface area contributed by atoms with Crippen molar-refractivity contribution in [1.29, 1.82) is 0 Å². The van der Waals surface area contributed by atoms with Gasteiger partial charge in [0.2, 0.25) is 0 Å². The molecule has 1 nitrogen and oxygen atoms in total. The zero-order valence-corrected chi connectivity index (χ0v) is 7.64. The first-order valence-electron chi connectivity index (χ1n) is 4.02. The van der Waals surface area contributed by atoms with Gasteiger partial charge in [0.25, 0.3) is 0 Å². The lowest BCUT2D eigenvalue weighted by atomic mass is 10.3. The van der Waals surface area contributed by atoms with Gasteiger partial charge in [-0.15, -0.1) is 0 Å². The average Bonchev–Trinajstić information content (AvgIpc) is 2.15. The molecule has 1 aliphatic rings. The highest BCUT2D eigenvalue weighted by molar-refractivity contribution is 6.56. The summed E-state index contributed by atoms with van der Waals surface area (Å²) in [6.45, 7) is 5.96. The van der Waals surface area contributed by atoms with E-state index in [1.165, 1.54) is 25.1 Å². The minimum absolute atomic E-state index is 0.389. The van der Waals surface area contributed by atoms with E-state index in [1.54, 1.807) is 0 Å². The summed E-state index contributed by atoms with van der Waals surface area (Å²) in [4.78, 5) is 3.63. The zero-order chi connectivity index (χ0) is 6.69. The number of rotatable bonds is 2. The van der Waals surface area contributed by atoms with Crippen LogP contribution < -0.4 is 4.98 Å². The summed E-state index contributed by atoms with van der Waals surface area (Å²) in [5.41, 5.74) is 0. The number of hydrogen-bond donors (Lipinski definition) is 1. The third-order valence-corrected chi connectivity index (χ3v) is 5.40. The van der Waals surface area contributed by atoms with Crippen molar-refractivity contribution < 1.29 is 0 Å². The van der Waals surface area contributed by atoms with E-state index in [9.17, 15) is 0 Å². The van der Waals surface area contributed by atoms with Crippen molar-refractivity contribution >= 4 is 8.96 Å². The van der Waals surface area contributed by atoms with E-state index in [-0.39, 0.29) is 8.96 Å². The van der Waals surface area contributed by atoms with E-state index in [4.69, 9.17) is 0 Å². The van der Waals surface area contributed by atoms with Gasteiger partial charge < -0.3 is 4.98 Å². The molecule has 0 spiro atoms. The Kier molecular flexibility index (Phi) is 2.73. The SMILES string of the molecule is CC(C)C[SiH]1CCCN1. The summed E-state index contributed by atoms with van der Waals surface area (Å²) in [5.74, 6) is 0.923. The van der Waals surface area contributed by atoms with E-state index in [1.807, 2.05) is 0 Å². The maximum atomic E-state index is 3.63. The van der Waals surface area contributed by atoms with Crippen molar-refractivity contribution in [2.75, 3.05) is 6.54 Å². The molecule has 1 fully saturated rings. The van der Waals surface area contributed by atoms with Gasteiger partial charge in [-0.3, -0.25) is 0 Å². The standard InChI is InChI=1S/C7H17NSi/c1-7(2)6-9-5-3-4-8-9/h7-9H,3-6H2,1-2H3. The van der Waals surface area contributed by atoms with Crippen LogP contribution in [0.5, 0.6) is 0 Å². The van der Waals surface area contributed by atoms with Crippen LogP contribution in [0.2, 0.25) is 12.1 Å². The second kappa shape index (κ2) is 3.37. The lowest BCUT2D eigenvalue weighted by Gasteiger charge is -2.09. The summed E-state index contributed by atoms with van der Waals surface area (Å²) >= 11 is 0. The van der Waals surface area contributed by atoms with E-state index < -0.39 is 0 Å². The lowest BCUT2D eigenvalue weighted by Crippen LogP contribution is -2.27. The molecule has 1 atom stereocenters.